The van der Waals surface area contributed by atoms with Gasteiger partial charge in [0, 0.05) is 12.6 Å². The molecule has 1 aromatic carbocycles. The highest BCUT2D eigenvalue weighted by molar-refractivity contribution is 5.80. The molecule has 1 saturated carbocycles. The third-order valence-electron chi connectivity index (χ3n) is 5.69. The summed E-state index contributed by atoms with van der Waals surface area (Å²) in [6, 6.07) is 8.48. The quantitative estimate of drug-likeness (QED) is 0.654. The molecule has 1 aliphatic heterocycles. The monoisotopic (exact) mass is 359 g/mol. The Hall–Kier alpha value is -1.59. The lowest BCUT2D eigenvalue weighted by Crippen LogP contribution is -2.42. The van der Waals surface area contributed by atoms with Crippen LogP contribution in [0.4, 0.5) is 0 Å². The van der Waals surface area contributed by atoms with Crippen LogP contribution in [0.15, 0.2) is 24.3 Å². The normalized spacial score (nSPS) is 28.7. The molecule has 0 spiro atoms. The molecule has 3 N–H and O–H groups in total. The van der Waals surface area contributed by atoms with E-state index in [4.69, 9.17) is 4.74 Å². The van der Waals surface area contributed by atoms with Crippen molar-refractivity contribution in [2.24, 2.45) is 11.8 Å². The van der Waals surface area contributed by atoms with Gasteiger partial charge < -0.3 is 10.1 Å². The minimum absolute atomic E-state index is 0.00204. The molecule has 0 bridgehead atoms. The summed E-state index contributed by atoms with van der Waals surface area (Å²) < 4.78 is 5.73. The molecule has 2 atom stereocenters. The summed E-state index contributed by atoms with van der Waals surface area (Å²) >= 11 is 0. The smallest absolute Gasteiger partial charge is 0.226 e. The summed E-state index contributed by atoms with van der Waals surface area (Å²) in [6.07, 6.45) is 6.85. The minimum atomic E-state index is -0.0822. The van der Waals surface area contributed by atoms with E-state index in [1.807, 2.05) is 12.1 Å². The molecule has 1 aliphatic carbocycles. The molecule has 0 radical (unpaired) electrons. The van der Waals surface area contributed by atoms with Gasteiger partial charge >= 0.3 is 0 Å². The van der Waals surface area contributed by atoms with Crippen molar-refractivity contribution in [1.82, 2.24) is 16.2 Å². The third-order valence-corrected chi connectivity index (χ3v) is 5.69. The summed E-state index contributed by atoms with van der Waals surface area (Å²) in [4.78, 5) is 12.8. The lowest BCUT2D eigenvalue weighted by Gasteiger charge is -2.28. The standard InChI is InChI=1S/C21H33N3O2/c1-3-4-13-26-18-11-7-16(8-12-18)20-19(14-22-24-20)21(25)23-17-9-5-15(2)6-10-17/h7-8,11-12,15,17,19-20,22,24H,3-6,9-10,13-14H2,1-2H3,(H,23,25). The number of hydrogen-bond acceptors (Lipinski definition) is 4. The number of nitrogens with one attached hydrogen (secondary N) is 3. The lowest BCUT2D eigenvalue weighted by atomic mass is 9.86. The number of carbonyl (C=O) groups is 1. The summed E-state index contributed by atoms with van der Waals surface area (Å²) in [7, 11) is 0. The average molecular weight is 360 g/mol. The summed E-state index contributed by atoms with van der Waals surface area (Å²) in [6.45, 7) is 5.87. The van der Waals surface area contributed by atoms with Gasteiger partial charge in [0.15, 0.2) is 0 Å². The maximum Gasteiger partial charge on any atom is 0.226 e. The summed E-state index contributed by atoms with van der Waals surface area (Å²) in [5, 5.41) is 3.28. The van der Waals surface area contributed by atoms with Gasteiger partial charge in [-0.1, -0.05) is 32.4 Å². The minimum Gasteiger partial charge on any atom is -0.494 e. The van der Waals surface area contributed by atoms with Gasteiger partial charge in [0.25, 0.3) is 0 Å². The molecule has 0 aromatic heterocycles. The maximum absolute atomic E-state index is 12.8. The number of rotatable bonds is 7. The van der Waals surface area contributed by atoms with Gasteiger partial charge in [0.2, 0.25) is 5.91 Å². The Bertz CT molecular complexity index is 567. The third kappa shape index (κ3) is 4.98. The lowest BCUT2D eigenvalue weighted by molar-refractivity contribution is -0.125. The molecular weight excluding hydrogens is 326 g/mol. The highest BCUT2D eigenvalue weighted by Crippen LogP contribution is 2.28. The van der Waals surface area contributed by atoms with Crippen molar-refractivity contribution >= 4 is 5.91 Å². The Morgan fingerprint density at radius 2 is 1.92 bits per heavy atom. The van der Waals surface area contributed by atoms with Crippen molar-refractivity contribution in [2.75, 3.05) is 13.2 Å². The molecule has 144 valence electrons. The molecular formula is C21H33N3O2. The van der Waals surface area contributed by atoms with Crippen LogP contribution in [-0.4, -0.2) is 25.1 Å². The van der Waals surface area contributed by atoms with Gasteiger partial charge in [0.05, 0.1) is 18.6 Å². The molecule has 26 heavy (non-hydrogen) atoms. The van der Waals surface area contributed by atoms with E-state index in [9.17, 15) is 4.79 Å². The van der Waals surface area contributed by atoms with Crippen LogP contribution in [0.5, 0.6) is 5.75 Å². The Morgan fingerprint density at radius 3 is 2.62 bits per heavy atom. The van der Waals surface area contributed by atoms with Gasteiger partial charge in [-0.25, -0.2) is 5.43 Å². The van der Waals surface area contributed by atoms with Crippen LogP contribution in [0.1, 0.15) is 64.0 Å². The second-order valence-corrected chi connectivity index (χ2v) is 7.85. The van der Waals surface area contributed by atoms with E-state index in [0.717, 1.165) is 49.5 Å². The van der Waals surface area contributed by atoms with E-state index in [2.05, 4.69) is 42.1 Å². The van der Waals surface area contributed by atoms with E-state index in [-0.39, 0.29) is 17.9 Å². The van der Waals surface area contributed by atoms with Gasteiger partial charge in [-0.2, -0.15) is 0 Å². The fraction of sp³-hybridized carbons (Fsp3) is 0.667. The predicted molar refractivity (Wildman–Crippen MR) is 104 cm³/mol. The van der Waals surface area contributed by atoms with Crippen LogP contribution in [0.3, 0.4) is 0 Å². The first kappa shape index (κ1) is 19.2. The van der Waals surface area contributed by atoms with Gasteiger partial charge in [-0.15, -0.1) is 0 Å². The number of carbonyl (C=O) groups excluding carboxylic acids is 1. The molecule has 2 unspecified atom stereocenters. The second kappa shape index (κ2) is 9.38. The zero-order chi connectivity index (χ0) is 18.4. The molecule has 1 heterocycles. The molecule has 2 aliphatic rings. The topological polar surface area (TPSA) is 62.4 Å². The van der Waals surface area contributed by atoms with Crippen molar-refractivity contribution in [3.05, 3.63) is 29.8 Å². The zero-order valence-electron chi connectivity index (χ0n) is 16.1. The molecule has 1 amide bonds. The van der Waals surface area contributed by atoms with E-state index in [1.165, 1.54) is 12.8 Å². The van der Waals surface area contributed by atoms with Gasteiger partial charge in [-0.3, -0.25) is 10.2 Å². The SMILES string of the molecule is CCCCOc1ccc(C2NNCC2C(=O)NC2CCC(C)CC2)cc1. The summed E-state index contributed by atoms with van der Waals surface area (Å²) in [5.41, 5.74) is 7.55. The number of hydrazine groups is 1. The second-order valence-electron chi connectivity index (χ2n) is 7.85. The Kier molecular flexibility index (Phi) is 6.92. The fourth-order valence-electron chi connectivity index (χ4n) is 3.88. The molecule has 1 aromatic rings. The van der Waals surface area contributed by atoms with E-state index < -0.39 is 0 Å². The highest BCUT2D eigenvalue weighted by atomic mass is 16.5. The van der Waals surface area contributed by atoms with Crippen LogP contribution in [-0.2, 0) is 4.79 Å². The van der Waals surface area contributed by atoms with E-state index in [1.54, 1.807) is 0 Å². The highest BCUT2D eigenvalue weighted by Gasteiger charge is 2.35. The van der Waals surface area contributed by atoms with Crippen molar-refractivity contribution in [1.29, 1.82) is 0 Å². The molecule has 5 nitrogen and oxygen atoms in total. The maximum atomic E-state index is 12.8. The Morgan fingerprint density at radius 1 is 1.19 bits per heavy atom. The van der Waals surface area contributed by atoms with Crippen LogP contribution >= 0.6 is 0 Å². The number of amides is 1. The first-order valence-electron chi connectivity index (χ1n) is 10.2. The Labute approximate surface area is 157 Å². The number of ether oxygens (including phenoxy) is 1. The number of unbranched alkanes of at least 4 members (excludes halogenated alkanes) is 1. The van der Waals surface area contributed by atoms with Crippen LogP contribution < -0.4 is 20.9 Å². The first-order chi connectivity index (χ1) is 12.7. The predicted octanol–water partition coefficient (Wildman–Crippen LogP) is 3.33. The number of hydrogen-bond donors (Lipinski definition) is 3. The van der Waals surface area contributed by atoms with Crippen molar-refractivity contribution in [2.45, 2.75) is 64.5 Å². The Balaban J connectivity index is 1.56. The fourth-order valence-corrected chi connectivity index (χ4v) is 3.88. The van der Waals surface area contributed by atoms with E-state index in [0.29, 0.717) is 12.6 Å². The molecule has 1 saturated heterocycles. The van der Waals surface area contributed by atoms with Crippen LogP contribution in [0.2, 0.25) is 0 Å². The van der Waals surface area contributed by atoms with E-state index >= 15 is 0 Å². The average Bonchev–Trinajstić information content (AvgIpc) is 3.14. The first-order valence-corrected chi connectivity index (χ1v) is 10.2. The van der Waals surface area contributed by atoms with Crippen molar-refractivity contribution in [3.8, 4) is 5.75 Å². The van der Waals surface area contributed by atoms with Gasteiger partial charge in [0.1, 0.15) is 5.75 Å². The molecule has 2 fully saturated rings. The molecule has 5 heteroatoms. The largest absolute Gasteiger partial charge is 0.494 e. The molecule has 3 rings (SSSR count). The van der Waals surface area contributed by atoms with Crippen LogP contribution in [0, 0.1) is 11.8 Å². The summed E-state index contributed by atoms with van der Waals surface area (Å²) in [5.74, 6) is 1.77. The van der Waals surface area contributed by atoms with Crippen molar-refractivity contribution < 1.29 is 9.53 Å². The number of benzene rings is 1. The van der Waals surface area contributed by atoms with Gasteiger partial charge in [-0.05, 0) is 55.7 Å². The zero-order valence-corrected chi connectivity index (χ0v) is 16.1. The van der Waals surface area contributed by atoms with Crippen LogP contribution in [0.25, 0.3) is 0 Å². The van der Waals surface area contributed by atoms with Crippen molar-refractivity contribution in [3.63, 3.8) is 0 Å².